The lowest BCUT2D eigenvalue weighted by Crippen LogP contribution is -2.27. The van der Waals surface area contributed by atoms with E-state index >= 15 is 0 Å². The Balaban J connectivity index is 1.59. The minimum absolute atomic E-state index is 0.415. The lowest BCUT2D eigenvalue weighted by Gasteiger charge is -2.12. The quantitative estimate of drug-likeness (QED) is 0.418. The maximum atomic E-state index is 9.69. The fraction of sp³-hybridized carbons (Fsp3) is 0.235. The highest BCUT2D eigenvalue weighted by atomic mass is 32.1. The Kier molecular flexibility index (Phi) is 4.69. The maximum absolute atomic E-state index is 9.69. The topological polar surface area (TPSA) is 80.1 Å². The average molecular weight is 368 g/mol. The Morgan fingerprint density at radius 1 is 1.46 bits per heavy atom. The molecule has 9 heteroatoms. The number of hydrazone groups is 1. The lowest BCUT2D eigenvalue weighted by atomic mass is 9.79. The molecule has 0 saturated carbocycles. The van der Waals surface area contributed by atoms with Gasteiger partial charge in [0.2, 0.25) is 0 Å². The summed E-state index contributed by atoms with van der Waals surface area (Å²) in [7, 11) is 2.70. The van der Waals surface area contributed by atoms with Crippen molar-refractivity contribution in [2.75, 3.05) is 19.2 Å². The molecule has 132 valence electrons. The molecule has 0 fully saturated rings. The molecule has 1 N–H and O–H groups in total. The van der Waals surface area contributed by atoms with Gasteiger partial charge in [-0.15, -0.1) is 11.3 Å². The third-order valence-electron chi connectivity index (χ3n) is 4.22. The van der Waals surface area contributed by atoms with E-state index in [0.717, 1.165) is 38.2 Å². The van der Waals surface area contributed by atoms with Gasteiger partial charge in [-0.25, -0.2) is 15.0 Å². The number of thiophene rings is 1. The van der Waals surface area contributed by atoms with E-state index in [9.17, 15) is 5.02 Å². The van der Waals surface area contributed by atoms with Crippen molar-refractivity contribution in [2.45, 2.75) is 13.2 Å². The van der Waals surface area contributed by atoms with Crippen LogP contribution in [0.1, 0.15) is 16.7 Å². The number of hydrogen-bond donors (Lipinski definition) is 1. The SMILES string of the molecule is COCc1csc2c(N(C)/N=C/c3ccc4c(c3)COB4O)ncnc12. The van der Waals surface area contributed by atoms with Crippen LogP contribution < -0.4 is 10.5 Å². The third-order valence-corrected chi connectivity index (χ3v) is 5.24. The van der Waals surface area contributed by atoms with Crippen LogP contribution in [0.25, 0.3) is 10.2 Å². The zero-order chi connectivity index (χ0) is 18.1. The van der Waals surface area contributed by atoms with Crippen molar-refractivity contribution in [3.63, 3.8) is 0 Å². The lowest BCUT2D eigenvalue weighted by molar-refractivity contribution is 0.186. The van der Waals surface area contributed by atoms with Crippen LogP contribution in [0.4, 0.5) is 5.82 Å². The summed E-state index contributed by atoms with van der Waals surface area (Å²) in [5.41, 5.74) is 4.68. The normalized spacial score (nSPS) is 13.7. The summed E-state index contributed by atoms with van der Waals surface area (Å²) >= 11 is 1.58. The van der Waals surface area contributed by atoms with Gasteiger partial charge in [0.15, 0.2) is 5.82 Å². The number of benzene rings is 1. The Morgan fingerprint density at radius 2 is 2.35 bits per heavy atom. The van der Waals surface area contributed by atoms with Crippen LogP contribution in [0.15, 0.2) is 35.0 Å². The van der Waals surface area contributed by atoms with Gasteiger partial charge >= 0.3 is 7.12 Å². The third kappa shape index (κ3) is 3.10. The summed E-state index contributed by atoms with van der Waals surface area (Å²) in [6, 6.07) is 5.75. The number of ether oxygens (including phenoxy) is 1. The fourth-order valence-electron chi connectivity index (χ4n) is 2.91. The zero-order valence-electron chi connectivity index (χ0n) is 14.4. The van der Waals surface area contributed by atoms with E-state index in [1.54, 1.807) is 36.0 Å². The first kappa shape index (κ1) is 17.1. The number of hydrogen-bond acceptors (Lipinski definition) is 8. The molecular formula is C17H17BN4O3S. The highest BCUT2D eigenvalue weighted by Crippen LogP contribution is 2.31. The minimum atomic E-state index is -0.826. The number of anilines is 1. The molecule has 0 radical (unpaired) electrons. The Morgan fingerprint density at radius 3 is 3.19 bits per heavy atom. The molecule has 1 aromatic carbocycles. The van der Waals surface area contributed by atoms with Crippen LogP contribution in [-0.4, -0.2) is 42.5 Å². The number of fused-ring (bicyclic) bond motifs is 2. The summed E-state index contributed by atoms with van der Waals surface area (Å²) in [6.07, 6.45) is 3.31. The molecule has 7 nitrogen and oxygen atoms in total. The Hall–Kier alpha value is -2.33. The van der Waals surface area contributed by atoms with Crippen molar-refractivity contribution in [3.05, 3.63) is 46.6 Å². The zero-order valence-corrected chi connectivity index (χ0v) is 15.2. The van der Waals surface area contributed by atoms with Gasteiger partial charge in [0.25, 0.3) is 0 Å². The summed E-state index contributed by atoms with van der Waals surface area (Å²) in [6.45, 7) is 0.935. The van der Waals surface area contributed by atoms with E-state index in [0.29, 0.717) is 13.2 Å². The molecule has 3 aromatic rings. The first-order valence-corrected chi connectivity index (χ1v) is 8.95. The van der Waals surface area contributed by atoms with Gasteiger partial charge in [0.1, 0.15) is 6.33 Å². The molecule has 0 spiro atoms. The molecule has 4 rings (SSSR count). The van der Waals surface area contributed by atoms with Crippen LogP contribution in [0.3, 0.4) is 0 Å². The predicted octanol–water partition coefficient (Wildman–Crippen LogP) is 1.53. The molecule has 1 aliphatic heterocycles. The van der Waals surface area contributed by atoms with Crippen molar-refractivity contribution in [2.24, 2.45) is 5.10 Å². The van der Waals surface area contributed by atoms with Crippen LogP contribution in [0.5, 0.6) is 0 Å². The summed E-state index contributed by atoms with van der Waals surface area (Å²) in [4.78, 5) is 8.75. The highest BCUT2D eigenvalue weighted by molar-refractivity contribution is 7.18. The molecule has 0 saturated heterocycles. The molecule has 0 unspecified atom stereocenters. The maximum Gasteiger partial charge on any atom is 0.491 e. The van der Waals surface area contributed by atoms with Gasteiger partial charge in [-0.2, -0.15) is 5.10 Å². The Bertz CT molecular complexity index is 978. The molecule has 0 aliphatic carbocycles. The van der Waals surface area contributed by atoms with Crippen molar-refractivity contribution >= 4 is 46.2 Å². The summed E-state index contributed by atoms with van der Waals surface area (Å²) in [5.74, 6) is 0.749. The van der Waals surface area contributed by atoms with Crippen molar-refractivity contribution in [1.82, 2.24) is 9.97 Å². The molecule has 0 bridgehead atoms. The largest absolute Gasteiger partial charge is 0.491 e. The Labute approximate surface area is 155 Å². The van der Waals surface area contributed by atoms with Crippen LogP contribution in [0.2, 0.25) is 0 Å². The highest BCUT2D eigenvalue weighted by Gasteiger charge is 2.26. The molecular weight excluding hydrogens is 351 g/mol. The monoisotopic (exact) mass is 368 g/mol. The molecule has 3 heterocycles. The van der Waals surface area contributed by atoms with Crippen molar-refractivity contribution < 1.29 is 14.4 Å². The summed E-state index contributed by atoms with van der Waals surface area (Å²) < 4.78 is 11.4. The smallest absolute Gasteiger partial charge is 0.423 e. The van der Waals surface area contributed by atoms with Crippen molar-refractivity contribution in [1.29, 1.82) is 0 Å². The van der Waals surface area contributed by atoms with E-state index < -0.39 is 7.12 Å². The van der Waals surface area contributed by atoms with Gasteiger partial charge in [0, 0.05) is 19.7 Å². The number of aromatic nitrogens is 2. The van der Waals surface area contributed by atoms with Gasteiger partial charge in [-0.1, -0.05) is 12.1 Å². The van der Waals surface area contributed by atoms with Gasteiger partial charge in [0.05, 0.1) is 29.6 Å². The van der Waals surface area contributed by atoms with E-state index in [2.05, 4.69) is 15.1 Å². The first-order valence-electron chi connectivity index (χ1n) is 8.07. The molecule has 1 aliphatic rings. The average Bonchev–Trinajstić information content (AvgIpc) is 3.24. The van der Waals surface area contributed by atoms with E-state index in [1.165, 1.54) is 0 Å². The van der Waals surface area contributed by atoms with Gasteiger partial charge in [-0.3, -0.25) is 0 Å². The van der Waals surface area contributed by atoms with Crippen LogP contribution in [0, 0.1) is 0 Å². The van der Waals surface area contributed by atoms with Gasteiger partial charge in [-0.05, 0) is 28.0 Å². The fourth-order valence-corrected chi connectivity index (χ4v) is 3.94. The molecule has 0 atom stereocenters. The van der Waals surface area contributed by atoms with E-state index in [4.69, 9.17) is 9.39 Å². The number of methoxy groups -OCH3 is 1. The number of rotatable bonds is 5. The van der Waals surface area contributed by atoms with Gasteiger partial charge < -0.3 is 14.4 Å². The minimum Gasteiger partial charge on any atom is -0.423 e. The first-order chi connectivity index (χ1) is 12.7. The van der Waals surface area contributed by atoms with E-state index in [1.807, 2.05) is 30.6 Å². The van der Waals surface area contributed by atoms with Crippen LogP contribution in [-0.2, 0) is 22.6 Å². The standard InChI is InChI=1S/C17H17BN4O3S/c1-22(17-16-15(19-10-20-17)13(7-24-2)9-26-16)21-6-11-3-4-14-12(5-11)8-25-18(14)23/h3-6,9-10,23H,7-8H2,1-2H3/b21-6+. The van der Waals surface area contributed by atoms with Crippen molar-refractivity contribution in [3.8, 4) is 0 Å². The second kappa shape index (κ2) is 7.12. The number of nitrogens with zero attached hydrogens (tertiary/aromatic N) is 4. The molecule has 0 amide bonds. The predicted molar refractivity (Wildman–Crippen MR) is 103 cm³/mol. The summed E-state index contributed by atoms with van der Waals surface area (Å²) in [5, 5.41) is 18.0. The molecule has 26 heavy (non-hydrogen) atoms. The molecule has 2 aromatic heterocycles. The second-order valence-corrected chi connectivity index (χ2v) is 6.84. The van der Waals surface area contributed by atoms with Crippen LogP contribution >= 0.6 is 11.3 Å². The second-order valence-electron chi connectivity index (χ2n) is 5.96. The van der Waals surface area contributed by atoms with E-state index in [-0.39, 0.29) is 0 Å².